The average Bonchev–Trinajstić information content (AvgIpc) is 3.01. The topological polar surface area (TPSA) is 70.5 Å². The van der Waals surface area contributed by atoms with Crippen molar-refractivity contribution in [2.45, 2.75) is 12.6 Å². The molecule has 156 valence electrons. The van der Waals surface area contributed by atoms with Gasteiger partial charge < -0.3 is 10.0 Å². The van der Waals surface area contributed by atoms with Crippen molar-refractivity contribution in [3.05, 3.63) is 105 Å². The van der Waals surface area contributed by atoms with Gasteiger partial charge in [0.1, 0.15) is 11.6 Å². The Kier molecular flexibility index (Phi) is 5.76. The van der Waals surface area contributed by atoms with Crippen molar-refractivity contribution in [1.29, 1.82) is 0 Å². The highest BCUT2D eigenvalue weighted by atomic mass is 35.5. The van der Waals surface area contributed by atoms with Crippen LogP contribution in [0.15, 0.2) is 72.6 Å². The van der Waals surface area contributed by atoms with E-state index in [1.54, 1.807) is 24.5 Å². The molecule has 5 nitrogen and oxygen atoms in total. The molecule has 1 saturated heterocycles. The molecule has 1 N–H and O–H groups in total. The van der Waals surface area contributed by atoms with Crippen LogP contribution in [0.25, 0.3) is 5.76 Å². The Morgan fingerprint density at radius 1 is 1.06 bits per heavy atom. The summed E-state index contributed by atoms with van der Waals surface area (Å²) in [6.07, 6.45) is 3.18. The zero-order valence-corrected chi connectivity index (χ0v) is 17.4. The van der Waals surface area contributed by atoms with Gasteiger partial charge in [0.25, 0.3) is 11.7 Å². The van der Waals surface area contributed by atoms with Crippen LogP contribution in [-0.4, -0.2) is 26.7 Å². The molecule has 1 unspecified atom stereocenters. The van der Waals surface area contributed by atoms with E-state index in [1.165, 1.54) is 47.4 Å². The van der Waals surface area contributed by atoms with Gasteiger partial charge in [-0.25, -0.2) is 4.39 Å². The smallest absolute Gasteiger partial charge is 0.295 e. The minimum absolute atomic E-state index is 0.0820. The van der Waals surface area contributed by atoms with Crippen LogP contribution in [0.3, 0.4) is 0 Å². The number of hydrogen-bond acceptors (Lipinski definition) is 4. The maximum Gasteiger partial charge on any atom is 0.295 e. The van der Waals surface area contributed by atoms with Crippen LogP contribution >= 0.6 is 23.2 Å². The lowest BCUT2D eigenvalue weighted by molar-refractivity contribution is -0.140. The molecular formula is C23H15Cl2FN2O3. The van der Waals surface area contributed by atoms with E-state index >= 15 is 0 Å². The van der Waals surface area contributed by atoms with Crippen molar-refractivity contribution in [2.24, 2.45) is 0 Å². The van der Waals surface area contributed by atoms with E-state index in [4.69, 9.17) is 23.2 Å². The van der Waals surface area contributed by atoms with E-state index in [2.05, 4.69) is 4.98 Å². The highest BCUT2D eigenvalue weighted by Gasteiger charge is 2.46. The Bertz CT molecular complexity index is 1200. The first-order valence-corrected chi connectivity index (χ1v) is 10.0. The molecule has 1 aliphatic rings. The first kappa shape index (κ1) is 21.0. The molecule has 31 heavy (non-hydrogen) atoms. The maximum atomic E-state index is 13.5. The number of aliphatic hydroxyl groups excluding tert-OH is 1. The van der Waals surface area contributed by atoms with E-state index in [0.29, 0.717) is 11.1 Å². The van der Waals surface area contributed by atoms with Gasteiger partial charge in [0.15, 0.2) is 0 Å². The fourth-order valence-corrected chi connectivity index (χ4v) is 3.82. The van der Waals surface area contributed by atoms with Crippen molar-refractivity contribution >= 4 is 40.7 Å². The summed E-state index contributed by atoms with van der Waals surface area (Å²) in [5.41, 5.74) is 1.30. The molecule has 1 aliphatic heterocycles. The number of aromatic nitrogens is 1. The van der Waals surface area contributed by atoms with E-state index in [1.807, 2.05) is 0 Å². The Balaban J connectivity index is 1.87. The number of carbonyl (C=O) groups is 2. The Labute approximate surface area is 187 Å². The molecule has 1 aromatic heterocycles. The summed E-state index contributed by atoms with van der Waals surface area (Å²) >= 11 is 12.0. The monoisotopic (exact) mass is 456 g/mol. The summed E-state index contributed by atoms with van der Waals surface area (Å²) in [5.74, 6) is -2.47. The molecule has 2 heterocycles. The van der Waals surface area contributed by atoms with Crippen LogP contribution in [0.2, 0.25) is 10.0 Å². The van der Waals surface area contributed by atoms with Crippen molar-refractivity contribution in [1.82, 2.24) is 9.88 Å². The number of pyridine rings is 1. The van der Waals surface area contributed by atoms with E-state index in [9.17, 15) is 19.1 Å². The minimum Gasteiger partial charge on any atom is -0.507 e. The van der Waals surface area contributed by atoms with Gasteiger partial charge in [-0.1, -0.05) is 41.4 Å². The van der Waals surface area contributed by atoms with Gasteiger partial charge in [-0.15, -0.1) is 0 Å². The molecule has 0 spiro atoms. The van der Waals surface area contributed by atoms with Crippen LogP contribution in [0, 0.1) is 5.82 Å². The SMILES string of the molecule is O=C1C(=O)N(Cc2cccnc2)C(c2ccc(F)cc2)/C1=C(/O)c1ccc(Cl)c(Cl)c1. The standard InChI is InChI=1S/C23H15Cl2FN2O3/c24-17-8-5-15(10-18(17)25)21(29)19-20(14-3-6-16(26)7-4-14)28(23(31)22(19)30)12-13-2-1-9-27-11-13/h1-11,20,29H,12H2/b21-19-. The van der Waals surface area contributed by atoms with E-state index < -0.39 is 23.5 Å². The van der Waals surface area contributed by atoms with Crippen molar-refractivity contribution in [2.75, 3.05) is 0 Å². The minimum atomic E-state index is -0.921. The predicted octanol–water partition coefficient (Wildman–Crippen LogP) is 5.15. The molecule has 0 bridgehead atoms. The van der Waals surface area contributed by atoms with Gasteiger partial charge in [0.2, 0.25) is 0 Å². The van der Waals surface area contributed by atoms with Crippen LogP contribution < -0.4 is 0 Å². The molecule has 3 aromatic rings. The van der Waals surface area contributed by atoms with Crippen LogP contribution in [0.1, 0.15) is 22.7 Å². The summed E-state index contributed by atoms with van der Waals surface area (Å²) in [5, 5.41) is 11.5. The summed E-state index contributed by atoms with van der Waals surface area (Å²) in [7, 11) is 0. The number of ketones is 1. The molecule has 1 amide bonds. The lowest BCUT2D eigenvalue weighted by Crippen LogP contribution is -2.29. The highest BCUT2D eigenvalue weighted by molar-refractivity contribution is 6.46. The van der Waals surface area contributed by atoms with Gasteiger partial charge in [0.05, 0.1) is 21.7 Å². The Morgan fingerprint density at radius 3 is 2.45 bits per heavy atom. The highest BCUT2D eigenvalue weighted by Crippen LogP contribution is 2.40. The third-order valence-electron chi connectivity index (χ3n) is 4.99. The molecule has 0 radical (unpaired) electrons. The van der Waals surface area contributed by atoms with Gasteiger partial charge in [-0.3, -0.25) is 14.6 Å². The fourth-order valence-electron chi connectivity index (χ4n) is 3.52. The lowest BCUT2D eigenvalue weighted by atomic mass is 9.95. The van der Waals surface area contributed by atoms with Crippen molar-refractivity contribution < 1.29 is 19.1 Å². The Hall–Kier alpha value is -3.22. The second-order valence-corrected chi connectivity index (χ2v) is 7.78. The number of aliphatic hydroxyl groups is 1. The van der Waals surface area contributed by atoms with Gasteiger partial charge >= 0.3 is 0 Å². The number of rotatable bonds is 4. The summed E-state index contributed by atoms with van der Waals surface area (Å²) in [4.78, 5) is 31.3. The van der Waals surface area contributed by atoms with Crippen LogP contribution in [-0.2, 0) is 16.1 Å². The number of amides is 1. The Morgan fingerprint density at radius 2 is 1.81 bits per heavy atom. The normalized spacial score (nSPS) is 17.9. The fraction of sp³-hybridized carbons (Fsp3) is 0.0870. The average molecular weight is 457 g/mol. The van der Waals surface area contributed by atoms with Crippen LogP contribution in [0.4, 0.5) is 4.39 Å². The quantitative estimate of drug-likeness (QED) is 0.334. The maximum absolute atomic E-state index is 13.5. The molecule has 0 saturated carbocycles. The van der Waals surface area contributed by atoms with E-state index in [-0.39, 0.29) is 33.5 Å². The third-order valence-corrected chi connectivity index (χ3v) is 5.73. The molecule has 1 fully saturated rings. The van der Waals surface area contributed by atoms with E-state index in [0.717, 1.165) is 0 Å². The predicted molar refractivity (Wildman–Crippen MR) is 115 cm³/mol. The van der Waals surface area contributed by atoms with Gasteiger partial charge in [-0.2, -0.15) is 0 Å². The van der Waals surface area contributed by atoms with Gasteiger partial charge in [-0.05, 0) is 47.5 Å². The summed E-state index contributed by atoms with van der Waals surface area (Å²) < 4.78 is 13.5. The van der Waals surface area contributed by atoms with Gasteiger partial charge in [0, 0.05) is 24.5 Å². The molecule has 8 heteroatoms. The zero-order chi connectivity index (χ0) is 22.1. The van der Waals surface area contributed by atoms with Crippen LogP contribution in [0.5, 0.6) is 0 Å². The third kappa shape index (κ3) is 4.04. The molecule has 1 atom stereocenters. The first-order valence-electron chi connectivity index (χ1n) is 9.25. The number of halogens is 3. The molecule has 2 aromatic carbocycles. The summed E-state index contributed by atoms with van der Waals surface area (Å²) in [6, 6.07) is 12.4. The summed E-state index contributed by atoms with van der Waals surface area (Å²) in [6.45, 7) is 0.0820. The zero-order valence-electron chi connectivity index (χ0n) is 15.9. The lowest BCUT2D eigenvalue weighted by Gasteiger charge is -2.25. The second-order valence-electron chi connectivity index (χ2n) is 6.97. The number of Topliss-reactive ketones (excluding diaryl/α,β-unsaturated/α-hetero) is 1. The number of hydrogen-bond donors (Lipinski definition) is 1. The number of carbonyl (C=O) groups excluding carboxylic acids is 2. The van der Waals surface area contributed by atoms with Crippen molar-refractivity contribution in [3.63, 3.8) is 0 Å². The second kappa shape index (κ2) is 8.49. The number of likely N-dealkylation sites (tertiary alicyclic amines) is 1. The van der Waals surface area contributed by atoms with Crippen molar-refractivity contribution in [3.8, 4) is 0 Å². The molecule has 0 aliphatic carbocycles. The molecule has 4 rings (SSSR count). The largest absolute Gasteiger partial charge is 0.507 e. The number of benzene rings is 2. The first-order chi connectivity index (χ1) is 14.9. The number of nitrogens with zero attached hydrogens (tertiary/aromatic N) is 2. The molecular weight excluding hydrogens is 442 g/mol.